The van der Waals surface area contributed by atoms with E-state index in [4.69, 9.17) is 9.72 Å². The second-order valence-corrected chi connectivity index (χ2v) is 10.6. The third-order valence-corrected chi connectivity index (χ3v) is 8.31. The molecule has 3 aromatic rings. The number of likely N-dealkylation sites (tertiary alicyclic amines) is 1. The van der Waals surface area contributed by atoms with Crippen molar-refractivity contribution in [3.8, 4) is 11.4 Å². The van der Waals surface area contributed by atoms with E-state index in [9.17, 15) is 4.79 Å². The third-order valence-electron chi connectivity index (χ3n) is 8.31. The summed E-state index contributed by atoms with van der Waals surface area (Å²) in [7, 11) is 1.77. The predicted molar refractivity (Wildman–Crippen MR) is 149 cm³/mol. The first kappa shape index (κ1) is 25.0. The molecule has 1 atom stereocenters. The first-order valence-electron chi connectivity index (χ1n) is 14.0. The molecule has 0 saturated carbocycles. The quantitative estimate of drug-likeness (QED) is 0.512. The van der Waals surface area contributed by atoms with Crippen LogP contribution in [0.3, 0.4) is 0 Å². The molecule has 0 spiro atoms. The van der Waals surface area contributed by atoms with Gasteiger partial charge >= 0.3 is 0 Å². The molecule has 0 aliphatic carbocycles. The largest absolute Gasteiger partial charge is 0.371 e. The van der Waals surface area contributed by atoms with E-state index in [-0.39, 0.29) is 11.7 Å². The summed E-state index contributed by atoms with van der Waals surface area (Å²) in [5.41, 5.74) is 3.53. The zero-order valence-electron chi connectivity index (χ0n) is 22.2. The summed E-state index contributed by atoms with van der Waals surface area (Å²) in [6.07, 6.45) is 9.68. The number of hydrogen-bond acceptors (Lipinski definition) is 8. The topological polar surface area (TPSA) is 79.6 Å². The number of morpholine rings is 1. The first-order valence-corrected chi connectivity index (χ1v) is 14.0. The fraction of sp³-hybridized carbons (Fsp3) is 0.517. The average molecular weight is 516 g/mol. The molecule has 2 aromatic heterocycles. The van der Waals surface area contributed by atoms with Gasteiger partial charge in [0.05, 0.1) is 24.5 Å². The van der Waals surface area contributed by atoms with Gasteiger partial charge in [0.25, 0.3) is 5.56 Å². The van der Waals surface area contributed by atoms with Crippen LogP contribution in [-0.4, -0.2) is 76.3 Å². The summed E-state index contributed by atoms with van der Waals surface area (Å²) in [6, 6.07) is 12.9. The van der Waals surface area contributed by atoms with Crippen LogP contribution in [0.15, 0.2) is 53.7 Å². The van der Waals surface area contributed by atoms with Gasteiger partial charge in [0.1, 0.15) is 12.4 Å². The Morgan fingerprint density at radius 3 is 2.42 bits per heavy atom. The van der Waals surface area contributed by atoms with Crippen LogP contribution < -0.4 is 15.4 Å². The van der Waals surface area contributed by atoms with Crippen molar-refractivity contribution in [2.45, 2.75) is 44.2 Å². The second-order valence-electron chi connectivity index (χ2n) is 10.6. The summed E-state index contributed by atoms with van der Waals surface area (Å²) in [5.74, 6) is 0.632. The molecule has 0 bridgehead atoms. The van der Waals surface area contributed by atoms with E-state index in [2.05, 4.69) is 48.9 Å². The molecule has 1 unspecified atom stereocenters. The van der Waals surface area contributed by atoms with Gasteiger partial charge in [-0.05, 0) is 62.5 Å². The van der Waals surface area contributed by atoms with E-state index in [1.165, 1.54) is 63.3 Å². The van der Waals surface area contributed by atoms with Gasteiger partial charge in [0.2, 0.25) is 5.95 Å². The van der Waals surface area contributed by atoms with Crippen LogP contribution in [0.1, 0.15) is 43.8 Å². The maximum absolute atomic E-state index is 12.7. The monoisotopic (exact) mass is 515 g/mol. The molecule has 200 valence electrons. The van der Waals surface area contributed by atoms with Crippen LogP contribution in [0.5, 0.6) is 0 Å². The summed E-state index contributed by atoms with van der Waals surface area (Å²) in [6.45, 7) is 6.69. The molecule has 0 amide bonds. The summed E-state index contributed by atoms with van der Waals surface area (Å²) >= 11 is 0. The lowest BCUT2D eigenvalue weighted by molar-refractivity contribution is 0.0390. The number of nitrogens with zero attached hydrogens (tertiary/aromatic N) is 7. The van der Waals surface area contributed by atoms with Crippen LogP contribution in [0.25, 0.3) is 11.4 Å². The van der Waals surface area contributed by atoms with Gasteiger partial charge in [0.15, 0.2) is 0 Å². The van der Waals surface area contributed by atoms with Gasteiger partial charge in [-0.3, -0.25) is 9.36 Å². The van der Waals surface area contributed by atoms with Crippen molar-refractivity contribution in [1.29, 1.82) is 0 Å². The minimum atomic E-state index is -0.111. The Labute approximate surface area is 224 Å². The lowest BCUT2D eigenvalue weighted by Crippen LogP contribution is -2.46. The van der Waals surface area contributed by atoms with E-state index in [1.54, 1.807) is 23.9 Å². The fourth-order valence-electron chi connectivity index (χ4n) is 6.09. The minimum Gasteiger partial charge on any atom is -0.371 e. The predicted octanol–water partition coefficient (Wildman–Crippen LogP) is 3.27. The number of anilines is 2. The molecule has 3 saturated heterocycles. The standard InChI is InChI=1S/C29H37N7O2/c1-33-28(37)19-26(25-9-12-30-21-31-25)32-29(33)36-17-18-38-27(20-36)22-5-7-23(8-6-22)35-15-10-24(11-16-35)34-13-3-2-4-14-34/h5-9,12,19,21,24,27H,2-4,10-11,13-18,20H2,1H3. The van der Waals surface area contributed by atoms with Crippen LogP contribution in [0.2, 0.25) is 0 Å². The minimum absolute atomic E-state index is 0.0813. The van der Waals surface area contributed by atoms with Crippen molar-refractivity contribution in [2.75, 3.05) is 55.7 Å². The van der Waals surface area contributed by atoms with E-state index < -0.39 is 0 Å². The van der Waals surface area contributed by atoms with Gasteiger partial charge in [-0.2, -0.15) is 0 Å². The highest BCUT2D eigenvalue weighted by Gasteiger charge is 2.27. The molecule has 9 heteroatoms. The Morgan fingerprint density at radius 2 is 1.68 bits per heavy atom. The van der Waals surface area contributed by atoms with Crippen LogP contribution in [0.4, 0.5) is 11.6 Å². The normalized spacial score (nSPS) is 21.6. The number of benzene rings is 1. The molecule has 6 rings (SSSR count). The molecule has 3 aliphatic rings. The van der Waals surface area contributed by atoms with Gasteiger partial charge in [0, 0.05) is 50.7 Å². The van der Waals surface area contributed by atoms with E-state index >= 15 is 0 Å². The summed E-state index contributed by atoms with van der Waals surface area (Å²) in [5, 5.41) is 0. The number of aromatic nitrogens is 4. The number of hydrogen-bond donors (Lipinski definition) is 0. The molecule has 9 nitrogen and oxygen atoms in total. The lowest BCUT2D eigenvalue weighted by Gasteiger charge is -2.41. The Bertz CT molecular complexity index is 1270. The highest BCUT2D eigenvalue weighted by molar-refractivity contribution is 5.55. The Hall–Kier alpha value is -3.30. The third kappa shape index (κ3) is 5.31. The van der Waals surface area contributed by atoms with Crippen molar-refractivity contribution in [1.82, 2.24) is 24.4 Å². The SMILES string of the molecule is Cn1c(N2CCOC(c3ccc(N4CCC(N5CCCCC5)CC4)cc3)C2)nc(-c2ccncn2)cc1=O. The summed E-state index contributed by atoms with van der Waals surface area (Å²) < 4.78 is 7.77. The fourth-order valence-corrected chi connectivity index (χ4v) is 6.09. The van der Waals surface area contributed by atoms with Crippen LogP contribution >= 0.6 is 0 Å². The van der Waals surface area contributed by atoms with Crippen molar-refractivity contribution in [3.63, 3.8) is 0 Å². The summed E-state index contributed by atoms with van der Waals surface area (Å²) in [4.78, 5) is 33.2. The van der Waals surface area contributed by atoms with E-state index in [0.717, 1.165) is 24.7 Å². The molecule has 38 heavy (non-hydrogen) atoms. The van der Waals surface area contributed by atoms with Gasteiger partial charge in [-0.1, -0.05) is 18.6 Å². The number of rotatable bonds is 5. The van der Waals surface area contributed by atoms with Gasteiger partial charge in [-0.15, -0.1) is 0 Å². The Morgan fingerprint density at radius 1 is 0.895 bits per heavy atom. The smallest absolute Gasteiger partial charge is 0.255 e. The maximum atomic E-state index is 12.7. The van der Waals surface area contributed by atoms with Crippen molar-refractivity contribution in [2.24, 2.45) is 7.05 Å². The van der Waals surface area contributed by atoms with E-state index in [0.29, 0.717) is 37.0 Å². The zero-order chi connectivity index (χ0) is 25.9. The molecule has 3 fully saturated rings. The number of piperidine rings is 2. The average Bonchev–Trinajstić information content (AvgIpc) is 2.99. The number of ether oxygens (including phenoxy) is 1. The Kier molecular flexibility index (Phi) is 7.38. The van der Waals surface area contributed by atoms with Crippen molar-refractivity contribution >= 4 is 11.6 Å². The zero-order valence-corrected chi connectivity index (χ0v) is 22.2. The highest BCUT2D eigenvalue weighted by Crippen LogP contribution is 2.29. The van der Waals surface area contributed by atoms with E-state index in [1.807, 2.05) is 0 Å². The molecular weight excluding hydrogens is 478 g/mol. The molecule has 5 heterocycles. The van der Waals surface area contributed by atoms with Crippen LogP contribution in [0, 0.1) is 0 Å². The maximum Gasteiger partial charge on any atom is 0.255 e. The molecule has 3 aliphatic heterocycles. The second kappa shape index (κ2) is 11.2. The van der Waals surface area contributed by atoms with Crippen molar-refractivity contribution in [3.05, 3.63) is 64.8 Å². The van der Waals surface area contributed by atoms with Gasteiger partial charge < -0.3 is 19.4 Å². The van der Waals surface area contributed by atoms with Crippen molar-refractivity contribution < 1.29 is 4.74 Å². The highest BCUT2D eigenvalue weighted by atomic mass is 16.5. The van der Waals surface area contributed by atoms with Gasteiger partial charge in [-0.25, -0.2) is 15.0 Å². The lowest BCUT2D eigenvalue weighted by atomic mass is 9.99. The molecule has 1 aromatic carbocycles. The Balaban J connectivity index is 1.12. The molecule has 0 radical (unpaired) electrons. The first-order chi connectivity index (χ1) is 18.7. The molecule has 0 N–H and O–H groups in total. The molecular formula is C29H37N7O2. The van der Waals surface area contributed by atoms with Crippen LogP contribution in [-0.2, 0) is 11.8 Å².